The van der Waals surface area contributed by atoms with E-state index in [0.717, 1.165) is 5.69 Å². The fourth-order valence-corrected chi connectivity index (χ4v) is 3.15. The number of aryl methyl sites for hydroxylation is 2. The van der Waals surface area contributed by atoms with E-state index in [1.807, 2.05) is 6.92 Å². The number of carbonyl (C=O) groups is 1. The lowest BCUT2D eigenvalue weighted by Gasteiger charge is -2.07. The van der Waals surface area contributed by atoms with E-state index >= 15 is 0 Å². The molecule has 1 amide bonds. The first-order valence-corrected chi connectivity index (χ1v) is 9.83. The number of nitrogens with one attached hydrogen (secondary N) is 1. The molecule has 9 heteroatoms. The number of nitrogens with zero attached hydrogens (tertiary/aromatic N) is 3. The first-order chi connectivity index (χ1) is 15.4. The summed E-state index contributed by atoms with van der Waals surface area (Å²) in [5, 5.41) is 10.8. The summed E-state index contributed by atoms with van der Waals surface area (Å²) in [5.41, 5.74) is 1.71. The number of carbonyl (C=O) groups excluding carboxylic acids is 1. The molecule has 0 aliphatic rings. The summed E-state index contributed by atoms with van der Waals surface area (Å²) < 4.78 is 39.6. The molecule has 0 radical (unpaired) electrons. The van der Waals surface area contributed by atoms with Crippen molar-refractivity contribution in [2.45, 2.75) is 27.0 Å². The summed E-state index contributed by atoms with van der Waals surface area (Å²) in [5.74, 6) is -0.262. The summed E-state index contributed by atoms with van der Waals surface area (Å²) in [6.07, 6.45) is 0. The van der Waals surface area contributed by atoms with Crippen LogP contribution in [0.15, 0.2) is 59.1 Å². The van der Waals surface area contributed by atoms with Crippen LogP contribution < -0.4 is 10.1 Å². The minimum absolute atomic E-state index is 0.0255. The standard InChI is InChI=1S/C23H20F2N4O3/c1-14-10-21(27-29(14)12-16-6-3-4-9-20(16)25)26-23(30)22-19(15(2)32-28-22)13-31-18-8-5-7-17(24)11-18/h3-11H,12-13H2,1-2H3,(H,26,27,30). The van der Waals surface area contributed by atoms with E-state index in [0.29, 0.717) is 28.5 Å². The third kappa shape index (κ3) is 4.66. The number of halogens is 2. The SMILES string of the molecule is Cc1onc(C(=O)Nc2cc(C)n(Cc3ccccc3F)n2)c1COc1cccc(F)c1. The first kappa shape index (κ1) is 21.2. The summed E-state index contributed by atoms with van der Waals surface area (Å²) in [4.78, 5) is 12.8. The quantitative estimate of drug-likeness (QED) is 0.454. The van der Waals surface area contributed by atoms with Gasteiger partial charge >= 0.3 is 0 Å². The molecule has 0 spiro atoms. The number of anilines is 1. The van der Waals surface area contributed by atoms with E-state index in [1.54, 1.807) is 41.9 Å². The minimum Gasteiger partial charge on any atom is -0.489 e. The van der Waals surface area contributed by atoms with Gasteiger partial charge in [-0.05, 0) is 32.0 Å². The molecule has 0 aliphatic carbocycles. The smallest absolute Gasteiger partial charge is 0.279 e. The predicted molar refractivity (Wildman–Crippen MR) is 112 cm³/mol. The lowest BCUT2D eigenvalue weighted by Crippen LogP contribution is -2.16. The van der Waals surface area contributed by atoms with Crippen LogP contribution in [0.1, 0.15) is 33.1 Å². The maximum absolute atomic E-state index is 13.9. The molecule has 0 saturated carbocycles. The monoisotopic (exact) mass is 438 g/mol. The molecule has 32 heavy (non-hydrogen) atoms. The normalized spacial score (nSPS) is 10.9. The summed E-state index contributed by atoms with van der Waals surface area (Å²) >= 11 is 0. The highest BCUT2D eigenvalue weighted by molar-refractivity contribution is 6.03. The van der Waals surface area contributed by atoms with Gasteiger partial charge < -0.3 is 14.6 Å². The average molecular weight is 438 g/mol. The van der Waals surface area contributed by atoms with Crippen LogP contribution in [-0.2, 0) is 13.2 Å². The molecule has 2 aromatic heterocycles. The van der Waals surface area contributed by atoms with Crippen LogP contribution in [0, 0.1) is 25.5 Å². The van der Waals surface area contributed by atoms with Crippen LogP contribution >= 0.6 is 0 Å². The number of hydrogen-bond donors (Lipinski definition) is 1. The van der Waals surface area contributed by atoms with Gasteiger partial charge in [-0.1, -0.05) is 29.4 Å². The van der Waals surface area contributed by atoms with Crippen molar-refractivity contribution in [2.75, 3.05) is 5.32 Å². The van der Waals surface area contributed by atoms with Gasteiger partial charge in [0.15, 0.2) is 11.5 Å². The van der Waals surface area contributed by atoms with Gasteiger partial charge in [0.2, 0.25) is 0 Å². The Morgan fingerprint density at radius 1 is 1.12 bits per heavy atom. The number of rotatable bonds is 7. The van der Waals surface area contributed by atoms with Crippen LogP contribution in [-0.4, -0.2) is 20.8 Å². The molecule has 0 saturated heterocycles. The number of ether oxygens (including phenoxy) is 1. The van der Waals surface area contributed by atoms with Crippen LogP contribution in [0.25, 0.3) is 0 Å². The van der Waals surface area contributed by atoms with Crippen LogP contribution in [0.5, 0.6) is 5.75 Å². The second-order valence-corrected chi connectivity index (χ2v) is 7.19. The van der Waals surface area contributed by atoms with Gasteiger partial charge in [-0.2, -0.15) is 5.10 Å². The Bertz CT molecular complexity index is 1270. The fourth-order valence-electron chi connectivity index (χ4n) is 3.15. The molecular weight excluding hydrogens is 418 g/mol. The molecule has 0 atom stereocenters. The molecule has 2 heterocycles. The Kier molecular flexibility index (Phi) is 5.98. The van der Waals surface area contributed by atoms with E-state index in [9.17, 15) is 13.6 Å². The van der Waals surface area contributed by atoms with Gasteiger partial charge in [0, 0.05) is 23.4 Å². The molecule has 4 aromatic rings. The zero-order valence-corrected chi connectivity index (χ0v) is 17.4. The largest absolute Gasteiger partial charge is 0.489 e. The average Bonchev–Trinajstić information content (AvgIpc) is 3.30. The van der Waals surface area contributed by atoms with E-state index in [2.05, 4.69) is 15.6 Å². The van der Waals surface area contributed by atoms with E-state index in [4.69, 9.17) is 9.26 Å². The Hall–Kier alpha value is -4.01. The molecule has 0 bridgehead atoms. The lowest BCUT2D eigenvalue weighted by atomic mass is 10.2. The zero-order chi connectivity index (χ0) is 22.7. The van der Waals surface area contributed by atoms with Gasteiger partial charge in [0.05, 0.1) is 12.1 Å². The van der Waals surface area contributed by atoms with Gasteiger partial charge in [-0.15, -0.1) is 0 Å². The minimum atomic E-state index is -0.532. The lowest BCUT2D eigenvalue weighted by molar-refractivity contribution is 0.101. The van der Waals surface area contributed by atoms with Crippen molar-refractivity contribution >= 4 is 11.7 Å². The molecule has 0 aliphatic heterocycles. The van der Waals surface area contributed by atoms with Crippen molar-refractivity contribution in [3.8, 4) is 5.75 Å². The second kappa shape index (κ2) is 9.01. The van der Waals surface area contributed by atoms with E-state index in [1.165, 1.54) is 24.3 Å². The van der Waals surface area contributed by atoms with Crippen LogP contribution in [0.4, 0.5) is 14.6 Å². The van der Waals surface area contributed by atoms with Crippen LogP contribution in [0.2, 0.25) is 0 Å². The predicted octanol–water partition coefficient (Wildman–Crippen LogP) is 4.65. The van der Waals surface area contributed by atoms with Crippen molar-refractivity contribution < 1.29 is 22.8 Å². The third-order valence-electron chi connectivity index (χ3n) is 4.88. The van der Waals surface area contributed by atoms with Crippen molar-refractivity contribution in [3.05, 3.63) is 94.5 Å². The van der Waals surface area contributed by atoms with Gasteiger partial charge in [-0.25, -0.2) is 8.78 Å². The van der Waals surface area contributed by atoms with E-state index in [-0.39, 0.29) is 24.7 Å². The highest BCUT2D eigenvalue weighted by atomic mass is 19.1. The molecule has 2 aromatic carbocycles. The van der Waals surface area contributed by atoms with Crippen molar-refractivity contribution in [1.82, 2.24) is 14.9 Å². The first-order valence-electron chi connectivity index (χ1n) is 9.83. The number of aromatic nitrogens is 3. The molecule has 4 rings (SSSR count). The Morgan fingerprint density at radius 3 is 2.72 bits per heavy atom. The number of hydrogen-bond acceptors (Lipinski definition) is 5. The molecule has 1 N–H and O–H groups in total. The molecule has 7 nitrogen and oxygen atoms in total. The maximum Gasteiger partial charge on any atom is 0.279 e. The third-order valence-corrected chi connectivity index (χ3v) is 4.88. The Morgan fingerprint density at radius 2 is 1.94 bits per heavy atom. The fraction of sp³-hybridized carbons (Fsp3) is 0.174. The van der Waals surface area contributed by atoms with Crippen LogP contribution in [0.3, 0.4) is 0 Å². The molecule has 0 unspecified atom stereocenters. The van der Waals surface area contributed by atoms with Crippen molar-refractivity contribution in [3.63, 3.8) is 0 Å². The Balaban J connectivity index is 1.47. The number of benzene rings is 2. The molecule has 164 valence electrons. The topological polar surface area (TPSA) is 82.2 Å². The zero-order valence-electron chi connectivity index (χ0n) is 17.4. The highest BCUT2D eigenvalue weighted by Crippen LogP contribution is 2.20. The van der Waals surface area contributed by atoms with Crippen molar-refractivity contribution in [2.24, 2.45) is 0 Å². The molecular formula is C23H20F2N4O3. The van der Waals surface area contributed by atoms with Gasteiger partial charge in [-0.3, -0.25) is 9.48 Å². The number of amides is 1. The van der Waals surface area contributed by atoms with E-state index < -0.39 is 11.7 Å². The van der Waals surface area contributed by atoms with Crippen molar-refractivity contribution in [1.29, 1.82) is 0 Å². The second-order valence-electron chi connectivity index (χ2n) is 7.19. The highest BCUT2D eigenvalue weighted by Gasteiger charge is 2.22. The van der Waals surface area contributed by atoms with Gasteiger partial charge in [0.25, 0.3) is 5.91 Å². The summed E-state index contributed by atoms with van der Waals surface area (Å²) in [7, 11) is 0. The summed E-state index contributed by atoms with van der Waals surface area (Å²) in [6.45, 7) is 3.66. The van der Waals surface area contributed by atoms with Gasteiger partial charge in [0.1, 0.15) is 29.8 Å². The molecule has 0 fully saturated rings. The Labute approximate surface area is 182 Å². The summed E-state index contributed by atoms with van der Waals surface area (Å²) in [6, 6.07) is 13.8. The maximum atomic E-state index is 13.9.